The minimum atomic E-state index is -0.243. The molecule has 2 aromatic rings. The van der Waals surface area contributed by atoms with Crippen LogP contribution in [-0.4, -0.2) is 61.0 Å². The van der Waals surface area contributed by atoms with Crippen LogP contribution in [0.4, 0.5) is 4.79 Å². The lowest BCUT2D eigenvalue weighted by molar-refractivity contribution is -0.132. The molecular weight excluding hydrogens is 364 g/mol. The van der Waals surface area contributed by atoms with E-state index in [1.807, 2.05) is 41.3 Å². The second kappa shape index (κ2) is 11.2. The predicted octanol–water partition coefficient (Wildman–Crippen LogP) is 2.26. The molecule has 0 atom stereocenters. The second-order valence-electron chi connectivity index (χ2n) is 7.30. The Labute approximate surface area is 172 Å². The smallest absolute Gasteiger partial charge is 0.315 e. The first-order valence-electron chi connectivity index (χ1n) is 10.3. The molecule has 0 spiro atoms. The van der Waals surface area contributed by atoms with E-state index in [2.05, 4.69) is 39.8 Å². The molecule has 0 radical (unpaired) electrons. The second-order valence-corrected chi connectivity index (χ2v) is 7.30. The van der Waals surface area contributed by atoms with Gasteiger partial charge in [0.15, 0.2) is 0 Å². The van der Waals surface area contributed by atoms with E-state index in [1.54, 1.807) is 0 Å². The van der Waals surface area contributed by atoms with Crippen molar-refractivity contribution in [3.8, 4) is 0 Å². The van der Waals surface area contributed by atoms with Gasteiger partial charge in [0.1, 0.15) is 0 Å². The topological polar surface area (TPSA) is 64.7 Å². The number of urea groups is 1. The third-order valence-corrected chi connectivity index (χ3v) is 5.20. The zero-order chi connectivity index (χ0) is 20.3. The summed E-state index contributed by atoms with van der Waals surface area (Å²) in [6.45, 7) is 5.18. The first-order valence-corrected chi connectivity index (χ1v) is 10.3. The largest absolute Gasteiger partial charge is 0.340 e. The fourth-order valence-corrected chi connectivity index (χ4v) is 3.43. The monoisotopic (exact) mass is 394 g/mol. The molecule has 3 rings (SSSR count). The van der Waals surface area contributed by atoms with Crippen LogP contribution in [0.1, 0.15) is 17.5 Å². The molecule has 1 fully saturated rings. The van der Waals surface area contributed by atoms with Crippen LogP contribution < -0.4 is 10.6 Å². The van der Waals surface area contributed by atoms with Crippen molar-refractivity contribution < 1.29 is 9.59 Å². The van der Waals surface area contributed by atoms with Crippen LogP contribution >= 0.6 is 0 Å². The molecule has 1 aliphatic heterocycles. The van der Waals surface area contributed by atoms with E-state index in [1.165, 1.54) is 5.56 Å². The van der Waals surface area contributed by atoms with Gasteiger partial charge in [-0.15, -0.1) is 0 Å². The van der Waals surface area contributed by atoms with Crippen molar-refractivity contribution in [1.82, 2.24) is 20.4 Å². The molecule has 0 unspecified atom stereocenters. The Bertz CT molecular complexity index is 759. The van der Waals surface area contributed by atoms with Crippen molar-refractivity contribution in [2.75, 3.05) is 39.3 Å². The van der Waals surface area contributed by atoms with E-state index in [4.69, 9.17) is 0 Å². The summed E-state index contributed by atoms with van der Waals surface area (Å²) in [5, 5.41) is 5.57. The quantitative estimate of drug-likeness (QED) is 0.722. The summed E-state index contributed by atoms with van der Waals surface area (Å²) in [6, 6.07) is 20.0. The molecule has 3 amide bonds. The molecule has 1 saturated heterocycles. The van der Waals surface area contributed by atoms with Gasteiger partial charge in [-0.05, 0) is 17.5 Å². The molecular formula is C23H30N4O2. The minimum absolute atomic E-state index is 0.107. The van der Waals surface area contributed by atoms with Crippen LogP contribution in [0.2, 0.25) is 0 Å². The van der Waals surface area contributed by atoms with Gasteiger partial charge in [0, 0.05) is 52.2 Å². The Hall–Kier alpha value is -2.86. The summed E-state index contributed by atoms with van der Waals surface area (Å²) >= 11 is 0. The Morgan fingerprint density at radius 2 is 1.41 bits per heavy atom. The Kier molecular flexibility index (Phi) is 8.07. The Balaban J connectivity index is 1.27. The number of amides is 3. The van der Waals surface area contributed by atoms with Crippen molar-refractivity contribution in [3.05, 3.63) is 71.8 Å². The van der Waals surface area contributed by atoms with E-state index in [9.17, 15) is 9.59 Å². The standard InChI is InChI=1S/C23H30N4O2/c28-22(11-13-24-23(29)25-19-21-9-5-2-6-10-21)27-17-15-26(16-18-27)14-12-20-7-3-1-4-8-20/h1-10H,11-19H2,(H2,24,25,29). The average Bonchev–Trinajstić information content (AvgIpc) is 2.78. The zero-order valence-corrected chi connectivity index (χ0v) is 16.8. The van der Waals surface area contributed by atoms with Crippen molar-refractivity contribution in [2.45, 2.75) is 19.4 Å². The molecule has 154 valence electrons. The molecule has 29 heavy (non-hydrogen) atoms. The highest BCUT2D eigenvalue weighted by molar-refractivity contribution is 5.78. The number of carbonyl (C=O) groups is 2. The number of benzene rings is 2. The van der Waals surface area contributed by atoms with Gasteiger partial charge in [0.05, 0.1) is 0 Å². The Morgan fingerprint density at radius 3 is 2.07 bits per heavy atom. The highest BCUT2D eigenvalue weighted by atomic mass is 16.2. The zero-order valence-electron chi connectivity index (χ0n) is 16.8. The molecule has 0 bridgehead atoms. The number of rotatable bonds is 8. The van der Waals surface area contributed by atoms with E-state index in [0.717, 1.165) is 44.7 Å². The van der Waals surface area contributed by atoms with E-state index in [-0.39, 0.29) is 11.9 Å². The summed E-state index contributed by atoms with van der Waals surface area (Å²) in [5.74, 6) is 0.107. The van der Waals surface area contributed by atoms with Crippen molar-refractivity contribution in [3.63, 3.8) is 0 Å². The number of piperazine rings is 1. The highest BCUT2D eigenvalue weighted by Crippen LogP contribution is 2.06. The van der Waals surface area contributed by atoms with Crippen molar-refractivity contribution >= 4 is 11.9 Å². The average molecular weight is 395 g/mol. The normalized spacial score (nSPS) is 14.4. The van der Waals surface area contributed by atoms with E-state index < -0.39 is 0 Å². The van der Waals surface area contributed by atoms with Gasteiger partial charge in [-0.3, -0.25) is 9.69 Å². The van der Waals surface area contributed by atoms with Crippen LogP contribution in [0.15, 0.2) is 60.7 Å². The van der Waals surface area contributed by atoms with E-state index >= 15 is 0 Å². The molecule has 0 aromatic heterocycles. The first kappa shape index (κ1) is 20.9. The van der Waals surface area contributed by atoms with Crippen LogP contribution in [0.3, 0.4) is 0 Å². The van der Waals surface area contributed by atoms with Gasteiger partial charge < -0.3 is 15.5 Å². The van der Waals surface area contributed by atoms with Crippen molar-refractivity contribution in [1.29, 1.82) is 0 Å². The molecule has 1 heterocycles. The maximum Gasteiger partial charge on any atom is 0.315 e. The van der Waals surface area contributed by atoms with Gasteiger partial charge in [0.2, 0.25) is 5.91 Å². The van der Waals surface area contributed by atoms with Crippen LogP contribution in [0, 0.1) is 0 Å². The van der Waals surface area contributed by atoms with Crippen molar-refractivity contribution in [2.24, 2.45) is 0 Å². The number of nitrogens with zero attached hydrogens (tertiary/aromatic N) is 2. The van der Waals surface area contributed by atoms with Gasteiger partial charge in [-0.1, -0.05) is 60.7 Å². The van der Waals surface area contributed by atoms with Gasteiger partial charge in [0.25, 0.3) is 0 Å². The molecule has 2 N–H and O–H groups in total. The van der Waals surface area contributed by atoms with Crippen LogP contribution in [0.25, 0.3) is 0 Å². The fourth-order valence-electron chi connectivity index (χ4n) is 3.43. The lowest BCUT2D eigenvalue weighted by Crippen LogP contribution is -2.49. The molecule has 6 nitrogen and oxygen atoms in total. The maximum atomic E-state index is 12.4. The summed E-state index contributed by atoms with van der Waals surface area (Å²) in [4.78, 5) is 28.5. The van der Waals surface area contributed by atoms with E-state index in [0.29, 0.717) is 19.5 Å². The maximum absolute atomic E-state index is 12.4. The summed E-state index contributed by atoms with van der Waals surface area (Å²) in [5.41, 5.74) is 2.39. The minimum Gasteiger partial charge on any atom is -0.340 e. The molecule has 1 aliphatic rings. The number of hydrogen-bond donors (Lipinski definition) is 2. The number of carbonyl (C=O) groups excluding carboxylic acids is 2. The summed E-state index contributed by atoms with van der Waals surface area (Å²) < 4.78 is 0. The lowest BCUT2D eigenvalue weighted by atomic mass is 10.1. The molecule has 6 heteroatoms. The first-order chi connectivity index (χ1) is 14.2. The van der Waals surface area contributed by atoms with Crippen LogP contribution in [0.5, 0.6) is 0 Å². The van der Waals surface area contributed by atoms with Gasteiger partial charge in [-0.25, -0.2) is 4.79 Å². The lowest BCUT2D eigenvalue weighted by Gasteiger charge is -2.34. The summed E-state index contributed by atoms with van der Waals surface area (Å²) in [6.07, 6.45) is 1.37. The summed E-state index contributed by atoms with van der Waals surface area (Å²) in [7, 11) is 0. The van der Waals surface area contributed by atoms with Gasteiger partial charge >= 0.3 is 6.03 Å². The Morgan fingerprint density at radius 1 is 0.793 bits per heavy atom. The third-order valence-electron chi connectivity index (χ3n) is 5.20. The number of nitrogens with one attached hydrogen (secondary N) is 2. The third kappa shape index (κ3) is 7.23. The predicted molar refractivity (Wildman–Crippen MR) is 114 cm³/mol. The SMILES string of the molecule is O=C(NCCC(=O)N1CCN(CCc2ccccc2)CC1)NCc1ccccc1. The number of hydrogen-bond acceptors (Lipinski definition) is 3. The molecule has 2 aromatic carbocycles. The van der Waals surface area contributed by atoms with Gasteiger partial charge in [-0.2, -0.15) is 0 Å². The molecule has 0 aliphatic carbocycles. The fraction of sp³-hybridized carbons (Fsp3) is 0.391. The van der Waals surface area contributed by atoms with Crippen LogP contribution in [-0.2, 0) is 17.8 Å². The molecule has 0 saturated carbocycles. The highest BCUT2D eigenvalue weighted by Gasteiger charge is 2.20.